The van der Waals surface area contributed by atoms with Gasteiger partial charge in [0.1, 0.15) is 17.3 Å². The van der Waals surface area contributed by atoms with Crippen LogP contribution in [0.1, 0.15) is 16.2 Å². The number of aromatic amines is 1. The number of halogens is 1. The summed E-state index contributed by atoms with van der Waals surface area (Å²) in [6, 6.07) is 11.7. The predicted octanol–water partition coefficient (Wildman–Crippen LogP) is 3.14. The average Bonchev–Trinajstić information content (AvgIpc) is 3.24. The molecule has 0 atom stereocenters. The van der Waals surface area contributed by atoms with Crippen molar-refractivity contribution in [1.82, 2.24) is 20.5 Å². The maximum atomic E-state index is 12.2. The smallest absolute Gasteiger partial charge is 0.251 e. The molecule has 2 aromatic carbocycles. The Hall–Kier alpha value is -3.24. The zero-order valence-corrected chi connectivity index (χ0v) is 18.3. The van der Waals surface area contributed by atoms with Crippen molar-refractivity contribution < 1.29 is 19.1 Å². The molecule has 0 aliphatic heterocycles. The molecule has 11 heteroatoms. The molecular formula is C20H20ClN5O4S. The van der Waals surface area contributed by atoms with Crippen molar-refractivity contribution in [2.75, 3.05) is 25.3 Å². The lowest BCUT2D eigenvalue weighted by atomic mass is 10.2. The van der Waals surface area contributed by atoms with Crippen LogP contribution in [0.15, 0.2) is 47.6 Å². The van der Waals surface area contributed by atoms with Crippen LogP contribution in [0.5, 0.6) is 11.5 Å². The third-order valence-corrected chi connectivity index (χ3v) is 5.13. The molecule has 3 N–H and O–H groups in total. The molecule has 0 unspecified atom stereocenters. The number of nitrogens with zero attached hydrogens (tertiary/aromatic N) is 2. The number of hydrogen-bond donors (Lipinski definition) is 3. The summed E-state index contributed by atoms with van der Waals surface area (Å²) < 4.78 is 10.3. The van der Waals surface area contributed by atoms with Gasteiger partial charge in [0, 0.05) is 10.6 Å². The number of methoxy groups -OCH3 is 2. The van der Waals surface area contributed by atoms with E-state index in [1.165, 1.54) is 7.11 Å². The number of carbonyl (C=O) groups is 2. The van der Waals surface area contributed by atoms with E-state index in [-0.39, 0.29) is 24.1 Å². The van der Waals surface area contributed by atoms with Crippen LogP contribution in [0.2, 0.25) is 5.02 Å². The van der Waals surface area contributed by atoms with E-state index in [0.29, 0.717) is 38.8 Å². The lowest BCUT2D eigenvalue weighted by molar-refractivity contribution is -0.113. The van der Waals surface area contributed by atoms with Crippen molar-refractivity contribution >= 4 is 40.9 Å². The normalized spacial score (nSPS) is 10.4. The van der Waals surface area contributed by atoms with E-state index in [9.17, 15) is 9.59 Å². The van der Waals surface area contributed by atoms with Gasteiger partial charge in [-0.15, -0.1) is 5.10 Å². The van der Waals surface area contributed by atoms with Crippen molar-refractivity contribution in [2.24, 2.45) is 0 Å². The Balaban J connectivity index is 1.48. The molecule has 0 saturated heterocycles. The second kappa shape index (κ2) is 10.7. The highest BCUT2D eigenvalue weighted by Crippen LogP contribution is 2.28. The quantitative estimate of drug-likeness (QED) is 0.419. The molecule has 0 spiro atoms. The van der Waals surface area contributed by atoms with Crippen LogP contribution in [-0.2, 0) is 11.3 Å². The highest BCUT2D eigenvalue weighted by atomic mass is 35.5. The number of benzene rings is 2. The van der Waals surface area contributed by atoms with Crippen LogP contribution >= 0.6 is 23.4 Å². The molecule has 0 bridgehead atoms. The van der Waals surface area contributed by atoms with Crippen molar-refractivity contribution in [2.45, 2.75) is 11.7 Å². The standard InChI is InChI=1S/C20H20ClN5O4S/c1-29-14-6-3-12(4-7-14)19(28)22-10-17-24-20(26-25-17)31-11-18(27)23-15-9-13(21)5-8-16(15)30-2/h3-9H,10-11H2,1-2H3,(H,22,28)(H,23,27)(H,24,25,26). The Morgan fingerprint density at radius 3 is 2.61 bits per heavy atom. The first-order chi connectivity index (χ1) is 15.0. The first-order valence-electron chi connectivity index (χ1n) is 9.08. The number of thioether (sulfide) groups is 1. The third kappa shape index (κ3) is 6.37. The van der Waals surface area contributed by atoms with Crippen molar-refractivity contribution in [1.29, 1.82) is 0 Å². The second-order valence-corrected chi connectivity index (χ2v) is 7.54. The fraction of sp³-hybridized carbons (Fsp3) is 0.200. The minimum atomic E-state index is -0.260. The van der Waals surface area contributed by atoms with E-state index in [0.717, 1.165) is 11.8 Å². The Bertz CT molecular complexity index is 1060. The van der Waals surface area contributed by atoms with E-state index >= 15 is 0 Å². The molecule has 0 fully saturated rings. The molecule has 9 nitrogen and oxygen atoms in total. The van der Waals surface area contributed by atoms with Crippen LogP contribution in [0.4, 0.5) is 5.69 Å². The third-order valence-electron chi connectivity index (χ3n) is 4.05. The highest BCUT2D eigenvalue weighted by molar-refractivity contribution is 7.99. The number of ether oxygens (including phenoxy) is 2. The largest absolute Gasteiger partial charge is 0.497 e. The number of anilines is 1. The number of hydrogen-bond acceptors (Lipinski definition) is 7. The molecule has 162 valence electrons. The molecule has 31 heavy (non-hydrogen) atoms. The summed E-state index contributed by atoms with van der Waals surface area (Å²) in [5, 5.41) is 13.2. The SMILES string of the molecule is COc1ccc(C(=O)NCc2nc(SCC(=O)Nc3cc(Cl)ccc3OC)n[nH]2)cc1. The molecule has 0 aliphatic carbocycles. The Morgan fingerprint density at radius 1 is 1.13 bits per heavy atom. The van der Waals surface area contributed by atoms with Gasteiger partial charge in [0.2, 0.25) is 11.1 Å². The Kier molecular flexibility index (Phi) is 7.74. The van der Waals surface area contributed by atoms with Crippen LogP contribution in [0.25, 0.3) is 0 Å². The number of aromatic nitrogens is 3. The summed E-state index contributed by atoms with van der Waals surface area (Å²) >= 11 is 7.12. The minimum Gasteiger partial charge on any atom is -0.497 e. The van der Waals surface area contributed by atoms with Gasteiger partial charge in [-0.3, -0.25) is 14.7 Å². The summed E-state index contributed by atoms with van der Waals surface area (Å²) in [4.78, 5) is 28.7. The number of H-pyrrole nitrogens is 1. The average molecular weight is 462 g/mol. The van der Waals surface area contributed by atoms with E-state index in [4.69, 9.17) is 21.1 Å². The summed E-state index contributed by atoms with van der Waals surface area (Å²) in [5.74, 6) is 1.24. The van der Waals surface area contributed by atoms with Crippen LogP contribution < -0.4 is 20.1 Å². The van der Waals surface area contributed by atoms with Gasteiger partial charge in [-0.1, -0.05) is 23.4 Å². The van der Waals surface area contributed by atoms with E-state index in [1.807, 2.05) is 0 Å². The predicted molar refractivity (Wildman–Crippen MR) is 118 cm³/mol. The van der Waals surface area contributed by atoms with Gasteiger partial charge in [0.05, 0.1) is 32.2 Å². The van der Waals surface area contributed by atoms with E-state index in [1.54, 1.807) is 49.6 Å². The maximum Gasteiger partial charge on any atom is 0.251 e. The molecular weight excluding hydrogens is 442 g/mol. The number of amides is 2. The summed E-state index contributed by atoms with van der Waals surface area (Å²) in [6.45, 7) is 0.171. The number of nitrogens with one attached hydrogen (secondary N) is 3. The molecule has 2 amide bonds. The van der Waals surface area contributed by atoms with Gasteiger partial charge in [-0.25, -0.2) is 4.98 Å². The van der Waals surface area contributed by atoms with Gasteiger partial charge < -0.3 is 20.1 Å². The topological polar surface area (TPSA) is 118 Å². The van der Waals surface area contributed by atoms with Gasteiger partial charge in [0.15, 0.2) is 0 Å². The molecule has 3 aromatic rings. The summed E-state index contributed by atoms with van der Waals surface area (Å²) in [5.41, 5.74) is 0.987. The van der Waals surface area contributed by atoms with Crippen LogP contribution in [0, 0.1) is 0 Å². The fourth-order valence-electron chi connectivity index (χ4n) is 2.52. The lowest BCUT2D eigenvalue weighted by Crippen LogP contribution is -2.23. The Morgan fingerprint density at radius 2 is 1.90 bits per heavy atom. The first kappa shape index (κ1) is 22.4. The van der Waals surface area contributed by atoms with Crippen molar-refractivity contribution in [3.8, 4) is 11.5 Å². The second-order valence-electron chi connectivity index (χ2n) is 6.16. The first-order valence-corrected chi connectivity index (χ1v) is 10.4. The van der Waals surface area contributed by atoms with Crippen LogP contribution in [-0.4, -0.2) is 47.0 Å². The van der Waals surface area contributed by atoms with Gasteiger partial charge in [-0.2, -0.15) is 0 Å². The van der Waals surface area contributed by atoms with Gasteiger partial charge >= 0.3 is 0 Å². The summed E-state index contributed by atoms with van der Waals surface area (Å²) in [6.07, 6.45) is 0. The summed E-state index contributed by atoms with van der Waals surface area (Å²) in [7, 11) is 3.07. The molecule has 3 rings (SSSR count). The molecule has 1 heterocycles. The van der Waals surface area contributed by atoms with Gasteiger partial charge in [-0.05, 0) is 42.5 Å². The van der Waals surface area contributed by atoms with Crippen LogP contribution in [0.3, 0.4) is 0 Å². The fourth-order valence-corrected chi connectivity index (χ4v) is 3.31. The maximum absolute atomic E-state index is 12.2. The number of rotatable bonds is 9. The molecule has 0 radical (unpaired) electrons. The number of carbonyl (C=O) groups excluding carboxylic acids is 2. The lowest BCUT2D eigenvalue weighted by Gasteiger charge is -2.09. The zero-order valence-electron chi connectivity index (χ0n) is 16.8. The van der Waals surface area contributed by atoms with Crippen molar-refractivity contribution in [3.05, 3.63) is 58.9 Å². The van der Waals surface area contributed by atoms with Gasteiger partial charge in [0.25, 0.3) is 5.91 Å². The zero-order chi connectivity index (χ0) is 22.2. The minimum absolute atomic E-state index is 0.0885. The molecule has 0 aliphatic rings. The molecule has 0 saturated carbocycles. The monoisotopic (exact) mass is 461 g/mol. The molecule has 1 aromatic heterocycles. The van der Waals surface area contributed by atoms with E-state index < -0.39 is 0 Å². The Labute approximate surface area is 187 Å². The highest BCUT2D eigenvalue weighted by Gasteiger charge is 2.12. The van der Waals surface area contributed by atoms with Crippen molar-refractivity contribution in [3.63, 3.8) is 0 Å². The van der Waals surface area contributed by atoms with E-state index in [2.05, 4.69) is 25.8 Å².